The number of halogens is 2. The number of aromatic nitrogens is 3. The minimum Gasteiger partial charge on any atom is -0.344 e. The summed E-state index contributed by atoms with van der Waals surface area (Å²) in [6.45, 7) is 5.83. The summed E-state index contributed by atoms with van der Waals surface area (Å²) in [5, 5.41) is 14.7. The fourth-order valence-electron chi connectivity index (χ4n) is 3.12. The van der Waals surface area contributed by atoms with Gasteiger partial charge in [-0.3, -0.25) is 4.79 Å². The lowest BCUT2D eigenvalue weighted by Crippen LogP contribution is -2.31. The molecule has 1 aromatic carbocycles. The quantitative estimate of drug-likeness (QED) is 0.784. The van der Waals surface area contributed by atoms with E-state index in [9.17, 15) is 4.79 Å². The Hall–Kier alpha value is -1.44. The second kappa shape index (κ2) is 8.78. The highest BCUT2D eigenvalue weighted by atomic mass is 79.9. The zero-order chi connectivity index (χ0) is 17.1. The van der Waals surface area contributed by atoms with E-state index in [1.807, 2.05) is 42.8 Å². The van der Waals surface area contributed by atoms with Crippen LogP contribution < -0.4 is 10.6 Å². The standard InChI is InChI=1S/C17H22BrN5O.ClH/c1-11(14-5-3-4-6-15(14)18)20-17(24)16-12(2)23(22-21-16)13-7-9-19-10-8-13;/h3-6,11,13,19H,7-10H2,1-2H3,(H,20,24);1H. The van der Waals surface area contributed by atoms with Gasteiger partial charge < -0.3 is 10.6 Å². The summed E-state index contributed by atoms with van der Waals surface area (Å²) in [6, 6.07) is 8.08. The van der Waals surface area contributed by atoms with E-state index in [1.54, 1.807) is 0 Å². The second-order valence-corrected chi connectivity index (χ2v) is 7.02. The molecule has 1 aliphatic heterocycles. The number of benzene rings is 1. The number of amides is 1. The first-order chi connectivity index (χ1) is 11.6. The van der Waals surface area contributed by atoms with Crippen LogP contribution in [0.1, 0.15) is 53.6 Å². The second-order valence-electron chi connectivity index (χ2n) is 6.17. The van der Waals surface area contributed by atoms with Crippen LogP contribution >= 0.6 is 28.3 Å². The van der Waals surface area contributed by atoms with Gasteiger partial charge in [0.1, 0.15) is 0 Å². The lowest BCUT2D eigenvalue weighted by atomic mass is 10.1. The molecule has 1 fully saturated rings. The lowest BCUT2D eigenvalue weighted by molar-refractivity contribution is 0.0934. The predicted molar refractivity (Wildman–Crippen MR) is 103 cm³/mol. The molecule has 0 aliphatic carbocycles. The molecule has 8 heteroatoms. The molecule has 2 N–H and O–H groups in total. The van der Waals surface area contributed by atoms with Crippen LogP contribution in [0.15, 0.2) is 28.7 Å². The van der Waals surface area contributed by atoms with Gasteiger partial charge >= 0.3 is 0 Å². The van der Waals surface area contributed by atoms with E-state index in [4.69, 9.17) is 0 Å². The van der Waals surface area contributed by atoms with E-state index in [0.717, 1.165) is 41.7 Å². The van der Waals surface area contributed by atoms with Gasteiger partial charge in [-0.25, -0.2) is 4.68 Å². The van der Waals surface area contributed by atoms with Crippen LogP contribution in [0, 0.1) is 6.92 Å². The highest BCUT2D eigenvalue weighted by molar-refractivity contribution is 9.10. The van der Waals surface area contributed by atoms with Crippen LogP contribution in [0.3, 0.4) is 0 Å². The fraction of sp³-hybridized carbons (Fsp3) is 0.471. The largest absolute Gasteiger partial charge is 0.344 e. The Bertz CT molecular complexity index is 730. The Kier molecular flexibility index (Phi) is 6.98. The first-order valence-electron chi connectivity index (χ1n) is 8.25. The average molecular weight is 429 g/mol. The van der Waals surface area contributed by atoms with Crippen molar-refractivity contribution in [1.82, 2.24) is 25.6 Å². The molecule has 1 unspecified atom stereocenters. The highest BCUT2D eigenvalue weighted by Gasteiger charge is 2.24. The van der Waals surface area contributed by atoms with Crippen molar-refractivity contribution >= 4 is 34.2 Å². The van der Waals surface area contributed by atoms with Crippen molar-refractivity contribution in [3.63, 3.8) is 0 Å². The lowest BCUT2D eigenvalue weighted by Gasteiger charge is -2.23. The topological polar surface area (TPSA) is 71.8 Å². The van der Waals surface area contributed by atoms with Crippen LogP contribution in [0.5, 0.6) is 0 Å². The molecule has 0 bridgehead atoms. The summed E-state index contributed by atoms with van der Waals surface area (Å²) < 4.78 is 2.88. The Morgan fingerprint density at radius 3 is 2.72 bits per heavy atom. The van der Waals surface area contributed by atoms with Gasteiger partial charge in [-0.05, 0) is 51.4 Å². The van der Waals surface area contributed by atoms with Crippen molar-refractivity contribution in [3.05, 3.63) is 45.7 Å². The predicted octanol–water partition coefficient (Wildman–Crippen LogP) is 3.19. The Labute approximate surface area is 162 Å². The zero-order valence-corrected chi connectivity index (χ0v) is 16.7. The van der Waals surface area contributed by atoms with Gasteiger partial charge in [-0.15, -0.1) is 17.5 Å². The Morgan fingerprint density at radius 2 is 2.04 bits per heavy atom. The number of hydrogen-bond donors (Lipinski definition) is 2. The highest BCUT2D eigenvalue weighted by Crippen LogP contribution is 2.24. The number of piperidine rings is 1. The summed E-state index contributed by atoms with van der Waals surface area (Å²) in [5.74, 6) is -0.184. The smallest absolute Gasteiger partial charge is 0.274 e. The van der Waals surface area contributed by atoms with E-state index >= 15 is 0 Å². The zero-order valence-electron chi connectivity index (χ0n) is 14.3. The summed E-state index contributed by atoms with van der Waals surface area (Å²) in [7, 11) is 0. The van der Waals surface area contributed by atoms with Crippen molar-refractivity contribution in [1.29, 1.82) is 0 Å². The molecule has 2 aromatic rings. The molecular formula is C17H23BrClN5O. The van der Waals surface area contributed by atoms with E-state index < -0.39 is 0 Å². The van der Waals surface area contributed by atoms with Gasteiger partial charge in [0.2, 0.25) is 0 Å². The molecule has 136 valence electrons. The van der Waals surface area contributed by atoms with Crippen LogP contribution in [0.4, 0.5) is 0 Å². The SMILES string of the molecule is Cc1c(C(=O)NC(C)c2ccccc2Br)nnn1C1CCNCC1.Cl. The molecule has 2 heterocycles. The maximum Gasteiger partial charge on any atom is 0.274 e. The van der Waals surface area contributed by atoms with Crippen molar-refractivity contribution in [2.24, 2.45) is 0 Å². The molecular weight excluding hydrogens is 406 g/mol. The van der Waals surface area contributed by atoms with E-state index in [-0.39, 0.29) is 24.4 Å². The maximum atomic E-state index is 12.6. The number of rotatable bonds is 4. The number of nitrogens with zero attached hydrogens (tertiary/aromatic N) is 3. The fourth-order valence-corrected chi connectivity index (χ4v) is 3.75. The first kappa shape index (κ1) is 19.9. The van der Waals surface area contributed by atoms with Gasteiger partial charge in [0.15, 0.2) is 5.69 Å². The normalized spacial score (nSPS) is 16.1. The molecule has 0 saturated carbocycles. The third-order valence-corrected chi connectivity index (χ3v) is 5.24. The molecule has 1 aromatic heterocycles. The molecule has 1 saturated heterocycles. The van der Waals surface area contributed by atoms with E-state index in [0.29, 0.717) is 11.7 Å². The van der Waals surface area contributed by atoms with Gasteiger partial charge in [-0.2, -0.15) is 0 Å². The van der Waals surface area contributed by atoms with E-state index in [1.165, 1.54) is 0 Å². The van der Waals surface area contributed by atoms with Gasteiger partial charge in [0.05, 0.1) is 17.8 Å². The van der Waals surface area contributed by atoms with Crippen molar-refractivity contribution in [2.75, 3.05) is 13.1 Å². The minimum absolute atomic E-state index is 0. The summed E-state index contributed by atoms with van der Waals surface area (Å²) in [4.78, 5) is 12.6. The third-order valence-electron chi connectivity index (χ3n) is 4.52. The van der Waals surface area contributed by atoms with Crippen LogP contribution in [-0.2, 0) is 0 Å². The number of carbonyl (C=O) groups excluding carboxylic acids is 1. The van der Waals surface area contributed by atoms with Gasteiger partial charge in [0, 0.05) is 4.47 Å². The van der Waals surface area contributed by atoms with Crippen LogP contribution in [-0.4, -0.2) is 34.0 Å². The van der Waals surface area contributed by atoms with Gasteiger partial charge in [0.25, 0.3) is 5.91 Å². The van der Waals surface area contributed by atoms with Crippen LogP contribution in [0.2, 0.25) is 0 Å². The number of hydrogen-bond acceptors (Lipinski definition) is 4. The summed E-state index contributed by atoms with van der Waals surface area (Å²) in [6.07, 6.45) is 2.03. The van der Waals surface area contributed by atoms with Crippen molar-refractivity contribution < 1.29 is 4.79 Å². The summed E-state index contributed by atoms with van der Waals surface area (Å²) >= 11 is 3.52. The van der Waals surface area contributed by atoms with Crippen LogP contribution in [0.25, 0.3) is 0 Å². The average Bonchev–Trinajstić information content (AvgIpc) is 2.97. The Morgan fingerprint density at radius 1 is 1.36 bits per heavy atom. The molecule has 25 heavy (non-hydrogen) atoms. The molecule has 0 spiro atoms. The molecule has 0 radical (unpaired) electrons. The monoisotopic (exact) mass is 427 g/mol. The van der Waals surface area contributed by atoms with Crippen molar-refractivity contribution in [3.8, 4) is 0 Å². The molecule has 1 amide bonds. The Balaban J connectivity index is 0.00000225. The maximum absolute atomic E-state index is 12.6. The van der Waals surface area contributed by atoms with E-state index in [2.05, 4.69) is 36.9 Å². The van der Waals surface area contributed by atoms with Crippen molar-refractivity contribution in [2.45, 2.75) is 38.8 Å². The third kappa shape index (κ3) is 4.40. The molecule has 6 nitrogen and oxygen atoms in total. The molecule has 3 rings (SSSR count). The summed E-state index contributed by atoms with van der Waals surface area (Å²) in [5.41, 5.74) is 2.28. The minimum atomic E-state index is -0.184. The molecule has 1 atom stereocenters. The van der Waals surface area contributed by atoms with Gasteiger partial charge in [-0.1, -0.05) is 39.3 Å². The number of nitrogens with one attached hydrogen (secondary N) is 2. The molecule has 1 aliphatic rings. The first-order valence-corrected chi connectivity index (χ1v) is 9.05. The number of carbonyl (C=O) groups is 1.